The number of unbranched alkanes of at least 4 members (excludes halogenated alkanes) is 2. The van der Waals surface area contributed by atoms with Gasteiger partial charge in [0.25, 0.3) is 0 Å². The van der Waals surface area contributed by atoms with Crippen LogP contribution >= 0.6 is 0 Å². The summed E-state index contributed by atoms with van der Waals surface area (Å²) in [5.74, 6) is 0.0441. The summed E-state index contributed by atoms with van der Waals surface area (Å²) in [6.45, 7) is 5.30. The molecule has 0 saturated carbocycles. The Morgan fingerprint density at radius 2 is 1.91 bits per heavy atom. The normalized spacial score (nSPS) is 14.2. The van der Waals surface area contributed by atoms with E-state index in [1.165, 1.54) is 24.7 Å². The number of aromatic nitrogens is 2. The number of nitrogens with zero attached hydrogens (tertiary/aromatic N) is 4. The van der Waals surface area contributed by atoms with Crippen molar-refractivity contribution in [3.8, 4) is 0 Å². The molecular formula is C23H31N5O4. The maximum atomic E-state index is 12.0. The zero-order valence-corrected chi connectivity index (χ0v) is 18.7. The average Bonchev–Trinajstić information content (AvgIpc) is 2.80. The predicted molar refractivity (Wildman–Crippen MR) is 123 cm³/mol. The first-order valence-corrected chi connectivity index (χ1v) is 11.3. The van der Waals surface area contributed by atoms with E-state index in [-0.39, 0.29) is 29.2 Å². The Kier molecular flexibility index (Phi) is 8.35. The number of anilines is 3. The monoisotopic (exact) mass is 441 g/mol. The van der Waals surface area contributed by atoms with Crippen molar-refractivity contribution in [1.82, 2.24) is 9.97 Å². The van der Waals surface area contributed by atoms with Gasteiger partial charge in [-0.1, -0.05) is 31.9 Å². The first-order valence-electron chi connectivity index (χ1n) is 11.3. The molecular weight excluding hydrogens is 410 g/mol. The van der Waals surface area contributed by atoms with E-state index in [0.717, 1.165) is 18.5 Å². The summed E-state index contributed by atoms with van der Waals surface area (Å²) in [5.41, 5.74) is 1.82. The van der Waals surface area contributed by atoms with Crippen LogP contribution in [0.5, 0.6) is 0 Å². The number of benzene rings is 1. The first kappa shape index (κ1) is 23.4. The summed E-state index contributed by atoms with van der Waals surface area (Å²) in [6, 6.07) is 7.90. The van der Waals surface area contributed by atoms with Crippen molar-refractivity contribution in [3.05, 3.63) is 46.3 Å². The third-order valence-corrected chi connectivity index (χ3v) is 5.69. The fourth-order valence-corrected chi connectivity index (χ4v) is 3.92. The first-order chi connectivity index (χ1) is 15.5. The van der Waals surface area contributed by atoms with Gasteiger partial charge < -0.3 is 15.0 Å². The number of esters is 1. The van der Waals surface area contributed by atoms with Crippen LogP contribution in [-0.4, -0.2) is 40.6 Å². The Morgan fingerprint density at radius 3 is 2.53 bits per heavy atom. The molecule has 0 radical (unpaired) electrons. The molecule has 0 amide bonds. The number of ether oxygens (including phenoxy) is 1. The molecule has 0 bridgehead atoms. The van der Waals surface area contributed by atoms with Crippen molar-refractivity contribution in [3.63, 3.8) is 0 Å². The van der Waals surface area contributed by atoms with Crippen LogP contribution in [0.15, 0.2) is 30.6 Å². The topological polar surface area (TPSA) is 110 Å². The summed E-state index contributed by atoms with van der Waals surface area (Å²) < 4.78 is 5.10. The predicted octanol–water partition coefficient (Wildman–Crippen LogP) is 4.64. The molecule has 9 heteroatoms. The van der Waals surface area contributed by atoms with E-state index in [0.29, 0.717) is 32.5 Å². The molecule has 0 atom stereocenters. The van der Waals surface area contributed by atoms with Gasteiger partial charge in [0.1, 0.15) is 6.33 Å². The highest BCUT2D eigenvalue weighted by molar-refractivity contribution is 5.76. The maximum absolute atomic E-state index is 12.0. The van der Waals surface area contributed by atoms with Gasteiger partial charge in [0.2, 0.25) is 11.6 Å². The lowest BCUT2D eigenvalue weighted by Gasteiger charge is -2.31. The lowest BCUT2D eigenvalue weighted by Crippen LogP contribution is -2.37. The number of piperidine rings is 1. The summed E-state index contributed by atoms with van der Waals surface area (Å²) in [7, 11) is 0. The number of hydrogen-bond acceptors (Lipinski definition) is 8. The Bertz CT molecular complexity index is 911. The van der Waals surface area contributed by atoms with Gasteiger partial charge in [0, 0.05) is 18.8 Å². The van der Waals surface area contributed by atoms with Crippen molar-refractivity contribution < 1.29 is 14.5 Å². The minimum Gasteiger partial charge on any atom is -0.466 e. The molecule has 0 unspecified atom stereocenters. The van der Waals surface area contributed by atoms with Crippen molar-refractivity contribution in [2.75, 3.05) is 29.9 Å². The SMILES string of the molecule is CCCCCc1ccc(Nc2ncnc(N3CCC(C(=O)OCC)CC3)c2[N+](=O)[O-])cc1. The van der Waals surface area contributed by atoms with E-state index >= 15 is 0 Å². The third kappa shape index (κ3) is 5.93. The number of carbonyl (C=O) groups excluding carboxylic acids is 1. The van der Waals surface area contributed by atoms with E-state index in [4.69, 9.17) is 4.74 Å². The molecule has 1 aliphatic rings. The summed E-state index contributed by atoms with van der Waals surface area (Å²) >= 11 is 0. The number of nitro groups is 1. The van der Waals surface area contributed by atoms with Gasteiger partial charge in [-0.3, -0.25) is 14.9 Å². The highest BCUT2D eigenvalue weighted by atomic mass is 16.6. The van der Waals surface area contributed by atoms with Crippen molar-refractivity contribution in [1.29, 1.82) is 0 Å². The van der Waals surface area contributed by atoms with Crippen molar-refractivity contribution in [2.45, 2.75) is 52.4 Å². The molecule has 3 rings (SSSR count). The van der Waals surface area contributed by atoms with E-state index in [1.54, 1.807) is 6.92 Å². The fraction of sp³-hybridized carbons (Fsp3) is 0.522. The maximum Gasteiger partial charge on any atom is 0.353 e. The Balaban J connectivity index is 1.73. The van der Waals surface area contributed by atoms with Crippen LogP contribution in [0.4, 0.5) is 23.0 Å². The van der Waals surface area contributed by atoms with Gasteiger partial charge in [0.15, 0.2) is 0 Å². The Labute approximate surface area is 188 Å². The zero-order chi connectivity index (χ0) is 22.9. The smallest absolute Gasteiger partial charge is 0.353 e. The van der Waals surface area contributed by atoms with Crippen molar-refractivity contribution in [2.24, 2.45) is 5.92 Å². The lowest BCUT2D eigenvalue weighted by atomic mass is 9.97. The number of aryl methyl sites for hydroxylation is 1. The molecule has 1 saturated heterocycles. The van der Waals surface area contributed by atoms with Gasteiger partial charge in [-0.25, -0.2) is 9.97 Å². The Morgan fingerprint density at radius 1 is 1.19 bits per heavy atom. The van der Waals surface area contributed by atoms with Crippen LogP contribution in [0.1, 0.15) is 51.5 Å². The third-order valence-electron chi connectivity index (χ3n) is 5.69. The van der Waals surface area contributed by atoms with Crippen LogP contribution < -0.4 is 10.2 Å². The molecule has 0 aliphatic carbocycles. The number of hydrogen-bond donors (Lipinski definition) is 1. The molecule has 172 valence electrons. The second kappa shape index (κ2) is 11.4. The van der Waals surface area contributed by atoms with E-state index in [1.807, 2.05) is 29.2 Å². The molecule has 2 heterocycles. The molecule has 1 aliphatic heterocycles. The van der Waals surface area contributed by atoms with Crippen LogP contribution in [0.25, 0.3) is 0 Å². The molecule has 1 fully saturated rings. The molecule has 32 heavy (non-hydrogen) atoms. The van der Waals surface area contributed by atoms with Crippen LogP contribution in [0.2, 0.25) is 0 Å². The highest BCUT2D eigenvalue weighted by Crippen LogP contribution is 2.35. The summed E-state index contributed by atoms with van der Waals surface area (Å²) in [5, 5.41) is 15.0. The number of rotatable bonds is 10. The summed E-state index contributed by atoms with van der Waals surface area (Å²) in [6.07, 6.45) is 7.03. The van der Waals surface area contributed by atoms with Gasteiger partial charge in [-0.05, 0) is 50.3 Å². The average molecular weight is 442 g/mol. The number of carbonyl (C=O) groups is 1. The molecule has 1 aromatic carbocycles. The summed E-state index contributed by atoms with van der Waals surface area (Å²) in [4.78, 5) is 33.6. The van der Waals surface area contributed by atoms with Gasteiger partial charge >= 0.3 is 11.7 Å². The molecule has 2 aromatic rings. The standard InChI is InChI=1S/C23H31N5O4/c1-3-5-6-7-17-8-10-19(11-9-17)26-21-20(28(30)31)22(25-16-24-21)27-14-12-18(13-15-27)23(29)32-4-2/h8-11,16,18H,3-7,12-15H2,1-2H3,(H,24,25,26). The number of nitrogens with one attached hydrogen (secondary N) is 1. The fourth-order valence-electron chi connectivity index (χ4n) is 3.92. The van der Waals surface area contributed by atoms with E-state index < -0.39 is 4.92 Å². The molecule has 1 aromatic heterocycles. The van der Waals surface area contributed by atoms with Crippen LogP contribution in [0, 0.1) is 16.0 Å². The van der Waals surface area contributed by atoms with Crippen LogP contribution in [0.3, 0.4) is 0 Å². The highest BCUT2D eigenvalue weighted by Gasteiger charge is 2.32. The van der Waals surface area contributed by atoms with Gasteiger partial charge in [0.05, 0.1) is 17.4 Å². The zero-order valence-electron chi connectivity index (χ0n) is 18.7. The molecule has 0 spiro atoms. The minimum atomic E-state index is -0.450. The largest absolute Gasteiger partial charge is 0.466 e. The van der Waals surface area contributed by atoms with Gasteiger partial charge in [-0.2, -0.15) is 0 Å². The van der Waals surface area contributed by atoms with E-state index in [2.05, 4.69) is 22.2 Å². The second-order valence-corrected chi connectivity index (χ2v) is 7.94. The van der Waals surface area contributed by atoms with Gasteiger partial charge in [-0.15, -0.1) is 0 Å². The van der Waals surface area contributed by atoms with Crippen molar-refractivity contribution >= 4 is 29.0 Å². The minimum absolute atomic E-state index is 0.158. The quantitative estimate of drug-likeness (QED) is 0.246. The Hall–Kier alpha value is -3.23. The lowest BCUT2D eigenvalue weighted by molar-refractivity contribution is -0.383. The molecule has 9 nitrogen and oxygen atoms in total. The molecule has 1 N–H and O–H groups in total. The second-order valence-electron chi connectivity index (χ2n) is 7.94. The van der Waals surface area contributed by atoms with Crippen LogP contribution in [-0.2, 0) is 16.0 Å². The van der Waals surface area contributed by atoms with E-state index in [9.17, 15) is 14.9 Å².